The van der Waals surface area contributed by atoms with E-state index in [1.165, 1.54) is 0 Å². The van der Waals surface area contributed by atoms with E-state index in [1.807, 2.05) is 0 Å². The molecule has 11 heavy (non-hydrogen) atoms. The summed E-state index contributed by atoms with van der Waals surface area (Å²) in [5, 5.41) is 13.9. The zero-order valence-corrected chi connectivity index (χ0v) is 5.09. The molecule has 0 rings (SSSR count). The van der Waals surface area contributed by atoms with E-state index in [2.05, 4.69) is 0 Å². The standard InChI is InChI=1S/CH2O3.Ba.Mg.H4O4Si.4H/c2-1(3)4;;;1-5(2,3)4;;;;/h(H2,2,3,4);;;1-4H;;;;. The number of carbonyl (C=O) groups is 1. The molecule has 0 saturated heterocycles. The van der Waals surface area contributed by atoms with Crippen molar-refractivity contribution in [3.8, 4) is 0 Å². The zero-order valence-electron chi connectivity index (χ0n) is 4.09. The second-order valence-electron chi connectivity index (χ2n) is 0.883. The molecule has 64 valence electrons. The van der Waals surface area contributed by atoms with Gasteiger partial charge in [0, 0.05) is 0 Å². The van der Waals surface area contributed by atoms with Gasteiger partial charge in [0.25, 0.3) is 0 Å². The van der Waals surface area contributed by atoms with E-state index in [9.17, 15) is 0 Å². The normalized spacial score (nSPS) is 7.64. The third-order valence-electron chi connectivity index (χ3n) is 0. The minimum absolute atomic E-state index is 0. The fraction of sp³-hybridized carbons (Fsp3) is 0. The van der Waals surface area contributed by atoms with Crippen LogP contribution in [0.5, 0.6) is 0 Å². The number of hydrogen-bond donors (Lipinski definition) is 6. The predicted octanol–water partition coefficient (Wildman–Crippen LogP) is -4.22. The van der Waals surface area contributed by atoms with Crippen molar-refractivity contribution in [2.24, 2.45) is 0 Å². The first kappa shape index (κ1) is 23.0. The van der Waals surface area contributed by atoms with Crippen LogP contribution in [0.15, 0.2) is 0 Å². The summed E-state index contributed by atoms with van der Waals surface area (Å²) in [4.78, 5) is 37.9. The average Bonchev–Trinajstić information content (AvgIpc) is 1.19. The first-order valence-electron chi connectivity index (χ1n) is 1.55. The maximum Gasteiger partial charge on any atom is 0.316 e. The number of rotatable bonds is 0. The molecule has 0 aromatic heterocycles. The van der Waals surface area contributed by atoms with Gasteiger partial charge >= 0.3 is 87.1 Å². The minimum Gasteiger partial charge on any atom is 0.316 e. The molecular formula is CH10BaMgO7Si. The molecule has 0 aromatic carbocycles. The quantitative estimate of drug-likeness (QED) is 0.248. The molecule has 10 heteroatoms. The van der Waals surface area contributed by atoms with Gasteiger partial charge < -0.3 is 29.4 Å². The van der Waals surface area contributed by atoms with Crippen molar-refractivity contribution in [1.82, 2.24) is 0 Å². The first-order chi connectivity index (χ1) is 3.73. The molecule has 0 unspecified atom stereocenters. The van der Waals surface area contributed by atoms with Crippen molar-refractivity contribution in [2.75, 3.05) is 0 Å². The van der Waals surface area contributed by atoms with Gasteiger partial charge in [-0.3, -0.25) is 0 Å². The zero-order chi connectivity index (χ0) is 8.08. The Morgan fingerprint density at radius 3 is 1.00 bits per heavy atom. The van der Waals surface area contributed by atoms with Crippen LogP contribution in [0.1, 0.15) is 0 Å². The van der Waals surface area contributed by atoms with E-state index in [0.29, 0.717) is 0 Å². The summed E-state index contributed by atoms with van der Waals surface area (Å²) in [6, 6.07) is 0. The van der Waals surface area contributed by atoms with Crippen LogP contribution in [0.3, 0.4) is 0 Å². The summed E-state index contributed by atoms with van der Waals surface area (Å²) < 4.78 is 0. The molecule has 0 radical (unpaired) electrons. The molecule has 0 aromatic rings. The molecule has 0 bridgehead atoms. The van der Waals surface area contributed by atoms with Crippen LogP contribution in [0.25, 0.3) is 0 Å². The van der Waals surface area contributed by atoms with Gasteiger partial charge in [0.1, 0.15) is 0 Å². The van der Waals surface area contributed by atoms with Crippen LogP contribution in [-0.4, -0.2) is 117 Å². The van der Waals surface area contributed by atoms with Crippen molar-refractivity contribution < 1.29 is 34.2 Å². The smallest absolute Gasteiger partial charge is 0.316 e. The molecule has 0 aliphatic heterocycles. The Hall–Kier alpha value is 1.66. The topological polar surface area (TPSA) is 138 Å². The molecule has 7 nitrogen and oxygen atoms in total. The van der Waals surface area contributed by atoms with Crippen LogP contribution >= 0.6 is 0 Å². The third kappa shape index (κ3) is 393. The summed E-state index contributed by atoms with van der Waals surface area (Å²) in [7, 11) is -4.61. The van der Waals surface area contributed by atoms with Crippen LogP contribution in [0, 0.1) is 0 Å². The van der Waals surface area contributed by atoms with E-state index in [0.717, 1.165) is 0 Å². The van der Waals surface area contributed by atoms with Crippen LogP contribution in [0.2, 0.25) is 0 Å². The minimum atomic E-state index is -4.61. The van der Waals surface area contributed by atoms with Crippen LogP contribution < -0.4 is 0 Å². The summed E-state index contributed by atoms with van der Waals surface area (Å²) in [5.41, 5.74) is 0. The van der Waals surface area contributed by atoms with E-state index in [1.54, 1.807) is 0 Å². The Bertz CT molecular complexity index is 80.9. The van der Waals surface area contributed by atoms with Gasteiger partial charge in [-0.25, -0.2) is 4.79 Å². The second-order valence-corrected chi connectivity index (χ2v) is 2.08. The summed E-state index contributed by atoms with van der Waals surface area (Å²) in [5.74, 6) is 0. The van der Waals surface area contributed by atoms with Crippen molar-refractivity contribution in [2.45, 2.75) is 0 Å². The molecule has 0 saturated carbocycles. The molecular weight excluding hydrogens is 314 g/mol. The summed E-state index contributed by atoms with van der Waals surface area (Å²) >= 11 is 0. The monoisotopic (exact) mass is 324 g/mol. The molecule has 0 heterocycles. The van der Waals surface area contributed by atoms with Gasteiger partial charge in [-0.1, -0.05) is 0 Å². The van der Waals surface area contributed by atoms with Crippen molar-refractivity contribution in [3.05, 3.63) is 0 Å². The fourth-order valence-electron chi connectivity index (χ4n) is 0. The van der Waals surface area contributed by atoms with Crippen molar-refractivity contribution >= 4 is 87.1 Å². The van der Waals surface area contributed by atoms with Gasteiger partial charge in [-0.15, -0.1) is 0 Å². The molecule has 0 atom stereocenters. The Balaban J connectivity index is -0.0000000383. The van der Waals surface area contributed by atoms with Gasteiger partial charge in [0.15, 0.2) is 0 Å². The Morgan fingerprint density at radius 2 is 1.00 bits per heavy atom. The first-order valence-corrected chi connectivity index (χ1v) is 3.33. The van der Waals surface area contributed by atoms with Gasteiger partial charge in [-0.05, 0) is 0 Å². The SMILES string of the molecule is O=C(O)O.O[Si](O)(O)O.[BaH2].[MgH2]. The molecule has 0 spiro atoms. The van der Waals surface area contributed by atoms with E-state index < -0.39 is 15.2 Å². The largest absolute Gasteiger partial charge is 0.316 e. The average molecular weight is 324 g/mol. The van der Waals surface area contributed by atoms with Crippen molar-refractivity contribution in [1.29, 1.82) is 0 Å². The Kier molecular flexibility index (Phi) is 24.3. The summed E-state index contributed by atoms with van der Waals surface area (Å²) in [6.07, 6.45) is -1.83. The number of hydrogen-bond acceptors (Lipinski definition) is 5. The maximum atomic E-state index is 8.56. The Labute approximate surface area is 119 Å². The van der Waals surface area contributed by atoms with E-state index >= 15 is 0 Å². The molecule has 6 N–H and O–H groups in total. The molecule has 0 aliphatic rings. The number of carboxylic acid groups (broad SMARTS) is 2. The van der Waals surface area contributed by atoms with Gasteiger partial charge in [0.2, 0.25) is 0 Å². The second kappa shape index (κ2) is 11.7. The van der Waals surface area contributed by atoms with Gasteiger partial charge in [-0.2, -0.15) is 0 Å². The van der Waals surface area contributed by atoms with Crippen molar-refractivity contribution in [3.63, 3.8) is 0 Å². The molecule has 0 fully saturated rings. The predicted molar refractivity (Wildman–Crippen MR) is 42.4 cm³/mol. The van der Waals surface area contributed by atoms with Crippen LogP contribution in [-0.2, 0) is 0 Å². The van der Waals surface area contributed by atoms with E-state index in [4.69, 9.17) is 34.2 Å². The van der Waals surface area contributed by atoms with Crippen LogP contribution in [0.4, 0.5) is 4.79 Å². The maximum absolute atomic E-state index is 8.56. The molecule has 0 amide bonds. The van der Waals surface area contributed by atoms with E-state index in [-0.39, 0.29) is 71.9 Å². The fourth-order valence-corrected chi connectivity index (χ4v) is 0. The summed E-state index contributed by atoms with van der Waals surface area (Å²) in [6.45, 7) is 0. The van der Waals surface area contributed by atoms with Gasteiger partial charge in [0.05, 0.1) is 0 Å². The Morgan fingerprint density at radius 1 is 1.00 bits per heavy atom. The third-order valence-corrected chi connectivity index (χ3v) is 0. The molecule has 0 aliphatic carbocycles.